The Morgan fingerprint density at radius 3 is 2.09 bits per heavy atom. The number of nitrogens with one attached hydrogen (secondary N) is 2. The Balaban J connectivity index is 1.86. The summed E-state index contributed by atoms with van der Waals surface area (Å²) in [6, 6.07) is 12.4. The molecule has 0 aliphatic rings. The van der Waals surface area contributed by atoms with E-state index in [1.165, 1.54) is 4.68 Å². The molecule has 0 atom stereocenters. The molecule has 116 valence electrons. The number of anilines is 1. The summed E-state index contributed by atoms with van der Waals surface area (Å²) in [5, 5.41) is 10.9. The average molecular weight is 360 g/mol. The normalized spacial score (nSPS) is 11.0. The maximum absolute atomic E-state index is 5.90. The minimum atomic E-state index is 0.356. The average Bonchev–Trinajstić information content (AvgIpc) is 3.32. The van der Waals surface area contributed by atoms with Crippen molar-refractivity contribution in [1.29, 1.82) is 0 Å². The first kappa shape index (κ1) is 14.2. The van der Waals surface area contributed by atoms with Gasteiger partial charge in [0.2, 0.25) is 4.77 Å². The Morgan fingerprint density at radius 2 is 1.65 bits per heavy atom. The standard InChI is InChI=1S/C14H12N6S3/c15-19-13(16-17-14(19)21)18-20-9(11-3-1-7-22-11)5-6-10(20)12-4-2-8-23-12/h1-8H,15H2,(H,16,18)(H,17,21). The van der Waals surface area contributed by atoms with Gasteiger partial charge in [-0.05, 0) is 47.2 Å². The summed E-state index contributed by atoms with van der Waals surface area (Å²) in [6.07, 6.45) is 0. The molecule has 4 rings (SSSR count). The quantitative estimate of drug-likeness (QED) is 0.382. The number of hydrogen-bond donors (Lipinski definition) is 3. The van der Waals surface area contributed by atoms with Crippen molar-refractivity contribution >= 4 is 40.8 Å². The third-order valence-corrected chi connectivity index (χ3v) is 5.42. The zero-order valence-electron chi connectivity index (χ0n) is 11.8. The van der Waals surface area contributed by atoms with Gasteiger partial charge in [-0.2, -0.15) is 4.68 Å². The van der Waals surface area contributed by atoms with E-state index in [2.05, 4.69) is 50.6 Å². The number of aromatic nitrogens is 4. The fourth-order valence-corrected chi connectivity index (χ4v) is 3.89. The Kier molecular flexibility index (Phi) is 3.52. The van der Waals surface area contributed by atoms with E-state index in [4.69, 9.17) is 18.1 Å². The van der Waals surface area contributed by atoms with Gasteiger partial charge in [-0.25, -0.2) is 5.10 Å². The molecule has 6 nitrogen and oxygen atoms in total. The molecular formula is C14H12N6S3. The maximum atomic E-state index is 5.90. The van der Waals surface area contributed by atoms with Crippen LogP contribution in [0.3, 0.4) is 0 Å². The minimum absolute atomic E-state index is 0.356. The molecule has 4 N–H and O–H groups in total. The lowest BCUT2D eigenvalue weighted by Crippen LogP contribution is -2.19. The molecule has 23 heavy (non-hydrogen) atoms. The third-order valence-electron chi connectivity index (χ3n) is 3.34. The number of H-pyrrole nitrogens is 1. The van der Waals surface area contributed by atoms with Crippen LogP contribution in [0, 0.1) is 4.77 Å². The molecule has 4 aromatic rings. The van der Waals surface area contributed by atoms with Crippen LogP contribution in [0.5, 0.6) is 0 Å². The summed E-state index contributed by atoms with van der Waals surface area (Å²) >= 11 is 8.42. The molecule has 0 fully saturated rings. The molecule has 4 heterocycles. The van der Waals surface area contributed by atoms with Crippen LogP contribution in [0.15, 0.2) is 47.2 Å². The van der Waals surface area contributed by atoms with Gasteiger partial charge >= 0.3 is 0 Å². The Bertz CT molecular complexity index is 923. The van der Waals surface area contributed by atoms with Gasteiger partial charge < -0.3 is 5.84 Å². The second-order valence-electron chi connectivity index (χ2n) is 4.73. The molecule has 0 radical (unpaired) electrons. The monoisotopic (exact) mass is 360 g/mol. The topological polar surface area (TPSA) is 76.6 Å². The number of rotatable bonds is 4. The van der Waals surface area contributed by atoms with E-state index >= 15 is 0 Å². The summed E-state index contributed by atoms with van der Waals surface area (Å²) < 4.78 is 3.65. The van der Waals surface area contributed by atoms with E-state index in [1.807, 2.05) is 16.8 Å². The predicted octanol–water partition coefficient (Wildman–Crippen LogP) is 3.79. The highest BCUT2D eigenvalue weighted by atomic mass is 32.1. The SMILES string of the molecule is Nn1c(Nn2c(-c3cccs3)ccc2-c2cccs2)n[nH]c1=S. The van der Waals surface area contributed by atoms with Gasteiger partial charge in [0.05, 0.1) is 21.1 Å². The molecule has 0 saturated heterocycles. The highest BCUT2D eigenvalue weighted by molar-refractivity contribution is 7.71. The van der Waals surface area contributed by atoms with E-state index in [1.54, 1.807) is 22.7 Å². The Morgan fingerprint density at radius 1 is 1.04 bits per heavy atom. The van der Waals surface area contributed by atoms with Gasteiger partial charge in [-0.3, -0.25) is 10.1 Å². The molecule has 0 bridgehead atoms. The minimum Gasteiger partial charge on any atom is -0.334 e. The van der Waals surface area contributed by atoms with Crippen molar-refractivity contribution in [3.63, 3.8) is 0 Å². The van der Waals surface area contributed by atoms with Crippen LogP contribution < -0.4 is 11.3 Å². The molecule has 0 aliphatic carbocycles. The lowest BCUT2D eigenvalue weighted by molar-refractivity contribution is 0.900. The van der Waals surface area contributed by atoms with Gasteiger partial charge in [0.25, 0.3) is 5.95 Å². The summed E-state index contributed by atoms with van der Waals surface area (Å²) in [5.74, 6) is 6.35. The highest BCUT2D eigenvalue weighted by Crippen LogP contribution is 2.33. The molecule has 0 saturated carbocycles. The molecule has 0 spiro atoms. The van der Waals surface area contributed by atoms with Crippen molar-refractivity contribution in [2.24, 2.45) is 0 Å². The molecule has 0 amide bonds. The number of hydrogen-bond acceptors (Lipinski definition) is 6. The van der Waals surface area contributed by atoms with Gasteiger partial charge in [0.1, 0.15) is 0 Å². The van der Waals surface area contributed by atoms with Crippen molar-refractivity contribution in [1.82, 2.24) is 19.5 Å². The number of nitrogen functional groups attached to an aromatic ring is 1. The lowest BCUT2D eigenvalue weighted by atomic mass is 10.3. The summed E-state index contributed by atoms with van der Waals surface area (Å²) in [7, 11) is 0. The molecular weight excluding hydrogens is 348 g/mol. The number of thiophene rings is 2. The smallest absolute Gasteiger partial charge is 0.261 e. The van der Waals surface area contributed by atoms with Crippen LogP contribution in [0.25, 0.3) is 21.1 Å². The van der Waals surface area contributed by atoms with Gasteiger partial charge in [-0.1, -0.05) is 12.1 Å². The lowest BCUT2D eigenvalue weighted by Gasteiger charge is -2.13. The van der Waals surface area contributed by atoms with E-state index in [0.29, 0.717) is 10.7 Å². The fourth-order valence-electron chi connectivity index (χ4n) is 2.27. The van der Waals surface area contributed by atoms with Crippen LogP contribution >= 0.6 is 34.9 Å². The van der Waals surface area contributed by atoms with Crippen LogP contribution in [0.1, 0.15) is 0 Å². The zero-order chi connectivity index (χ0) is 15.8. The number of aromatic amines is 1. The molecule has 9 heteroatoms. The largest absolute Gasteiger partial charge is 0.334 e. The number of nitrogens with zero attached hydrogens (tertiary/aromatic N) is 3. The summed E-state index contributed by atoms with van der Waals surface area (Å²) in [6.45, 7) is 0. The first-order valence-corrected chi connectivity index (χ1v) is 8.90. The van der Waals surface area contributed by atoms with Crippen molar-refractivity contribution in [3.05, 3.63) is 51.9 Å². The summed E-state index contributed by atoms with van der Waals surface area (Å²) in [4.78, 5) is 2.30. The maximum Gasteiger partial charge on any atom is 0.261 e. The van der Waals surface area contributed by atoms with E-state index in [0.717, 1.165) is 21.1 Å². The highest BCUT2D eigenvalue weighted by Gasteiger charge is 2.15. The number of nitrogens with two attached hydrogens (primary N) is 1. The van der Waals surface area contributed by atoms with Gasteiger partial charge in [0.15, 0.2) is 0 Å². The zero-order valence-corrected chi connectivity index (χ0v) is 14.2. The summed E-state index contributed by atoms with van der Waals surface area (Å²) in [5.41, 5.74) is 5.32. The molecule has 4 aromatic heterocycles. The Labute approximate surface area is 144 Å². The first-order chi connectivity index (χ1) is 11.2. The van der Waals surface area contributed by atoms with Crippen molar-refractivity contribution in [2.45, 2.75) is 0 Å². The predicted molar refractivity (Wildman–Crippen MR) is 97.6 cm³/mol. The third kappa shape index (κ3) is 2.48. The van der Waals surface area contributed by atoms with Crippen LogP contribution in [-0.4, -0.2) is 19.5 Å². The van der Waals surface area contributed by atoms with Gasteiger partial charge in [0, 0.05) is 0 Å². The Hall–Kier alpha value is -2.36. The second kappa shape index (κ2) is 5.69. The molecule has 0 aliphatic heterocycles. The van der Waals surface area contributed by atoms with Crippen LogP contribution in [-0.2, 0) is 0 Å². The van der Waals surface area contributed by atoms with Crippen LogP contribution in [0.2, 0.25) is 0 Å². The molecule has 0 unspecified atom stereocenters. The van der Waals surface area contributed by atoms with Gasteiger partial charge in [-0.15, -0.1) is 27.8 Å². The van der Waals surface area contributed by atoms with Crippen molar-refractivity contribution < 1.29 is 0 Å². The van der Waals surface area contributed by atoms with Crippen molar-refractivity contribution in [2.75, 3.05) is 11.3 Å². The van der Waals surface area contributed by atoms with Crippen molar-refractivity contribution in [3.8, 4) is 21.1 Å². The van der Waals surface area contributed by atoms with E-state index < -0.39 is 0 Å². The second-order valence-corrected chi connectivity index (χ2v) is 7.01. The molecule has 0 aromatic carbocycles. The van der Waals surface area contributed by atoms with E-state index in [-0.39, 0.29) is 0 Å². The van der Waals surface area contributed by atoms with E-state index in [9.17, 15) is 0 Å². The fraction of sp³-hybridized carbons (Fsp3) is 0. The van der Waals surface area contributed by atoms with Crippen LogP contribution in [0.4, 0.5) is 5.95 Å². The first-order valence-electron chi connectivity index (χ1n) is 6.73.